The first kappa shape index (κ1) is 16.4. The summed E-state index contributed by atoms with van der Waals surface area (Å²) in [6.07, 6.45) is -6.34. The highest BCUT2D eigenvalue weighted by molar-refractivity contribution is 5.31. The Balaban J connectivity index is 1.58. The molecule has 1 unspecified atom stereocenters. The molecule has 1 aromatic rings. The molecule has 0 aromatic heterocycles. The second-order valence-electron chi connectivity index (χ2n) is 5.55. The first-order chi connectivity index (χ1) is 11.1. The minimum absolute atomic E-state index is 0.167. The van der Waals surface area contributed by atoms with Crippen LogP contribution in [0, 0.1) is 0 Å². The highest BCUT2D eigenvalue weighted by atomic mass is 16.7. The van der Waals surface area contributed by atoms with Crippen molar-refractivity contribution in [2.45, 2.75) is 36.8 Å². The number of aliphatic hydroxyl groups excluding tert-OH is 4. The van der Waals surface area contributed by atoms with Gasteiger partial charge in [0.25, 0.3) is 0 Å². The van der Waals surface area contributed by atoms with Crippen LogP contribution in [0.25, 0.3) is 0 Å². The Morgan fingerprint density at radius 3 is 2.26 bits per heavy atom. The van der Waals surface area contributed by atoms with Gasteiger partial charge in [0, 0.05) is 0 Å². The quantitative estimate of drug-likeness (QED) is 0.473. The van der Waals surface area contributed by atoms with E-state index in [0.29, 0.717) is 18.1 Å². The maximum atomic E-state index is 9.91. The van der Waals surface area contributed by atoms with Crippen molar-refractivity contribution in [2.24, 2.45) is 0 Å². The van der Waals surface area contributed by atoms with Gasteiger partial charge in [-0.3, -0.25) is 0 Å². The number of aliphatic hydroxyl groups is 4. The fourth-order valence-electron chi connectivity index (χ4n) is 2.27. The van der Waals surface area contributed by atoms with Crippen molar-refractivity contribution in [2.75, 3.05) is 19.8 Å². The van der Waals surface area contributed by atoms with Crippen LogP contribution in [-0.4, -0.2) is 77.1 Å². The maximum Gasteiger partial charge on any atom is 0.229 e. The molecule has 0 radical (unpaired) electrons. The van der Waals surface area contributed by atoms with E-state index in [1.807, 2.05) is 0 Å². The van der Waals surface area contributed by atoms with E-state index in [9.17, 15) is 15.3 Å². The lowest BCUT2D eigenvalue weighted by atomic mass is 9.99. The summed E-state index contributed by atoms with van der Waals surface area (Å²) in [5, 5.41) is 38.5. The monoisotopic (exact) mass is 328 g/mol. The molecular weight excluding hydrogens is 308 g/mol. The molecule has 2 heterocycles. The SMILES string of the molecule is OC[C@H]1O[C@H](Oc2ccc(OCC3CO3)cc2)[C@H](O)[C@@H](O)[C@@H]1O. The van der Waals surface area contributed by atoms with Gasteiger partial charge in [-0.1, -0.05) is 0 Å². The Labute approximate surface area is 132 Å². The van der Waals surface area contributed by atoms with Gasteiger partial charge in [0.05, 0.1) is 13.2 Å². The van der Waals surface area contributed by atoms with E-state index >= 15 is 0 Å². The Morgan fingerprint density at radius 2 is 1.65 bits per heavy atom. The van der Waals surface area contributed by atoms with E-state index in [2.05, 4.69) is 0 Å². The molecule has 2 aliphatic rings. The molecule has 0 spiro atoms. The van der Waals surface area contributed by atoms with Gasteiger partial charge >= 0.3 is 0 Å². The summed E-state index contributed by atoms with van der Waals surface area (Å²) in [5.74, 6) is 1.05. The number of hydrogen-bond donors (Lipinski definition) is 4. The maximum absolute atomic E-state index is 9.91. The molecule has 8 nitrogen and oxygen atoms in total. The van der Waals surface area contributed by atoms with Crippen molar-refractivity contribution in [3.63, 3.8) is 0 Å². The predicted octanol–water partition coefficient (Wildman–Crippen LogP) is -1.36. The average Bonchev–Trinajstić information content (AvgIpc) is 3.39. The molecule has 8 heteroatoms. The van der Waals surface area contributed by atoms with Crippen LogP contribution in [0.1, 0.15) is 0 Å². The molecule has 128 valence electrons. The number of rotatable bonds is 6. The minimum Gasteiger partial charge on any atom is -0.491 e. The summed E-state index contributed by atoms with van der Waals surface area (Å²) >= 11 is 0. The van der Waals surface area contributed by atoms with Gasteiger partial charge in [0.1, 0.15) is 48.6 Å². The average molecular weight is 328 g/mol. The third kappa shape index (κ3) is 3.92. The van der Waals surface area contributed by atoms with Crippen LogP contribution in [0.15, 0.2) is 24.3 Å². The molecule has 0 amide bonds. The van der Waals surface area contributed by atoms with Gasteiger partial charge in [-0.25, -0.2) is 0 Å². The lowest BCUT2D eigenvalue weighted by Crippen LogP contribution is -2.60. The molecule has 23 heavy (non-hydrogen) atoms. The second-order valence-corrected chi connectivity index (χ2v) is 5.55. The van der Waals surface area contributed by atoms with Crippen LogP contribution in [0.2, 0.25) is 0 Å². The van der Waals surface area contributed by atoms with Crippen LogP contribution in [-0.2, 0) is 9.47 Å². The molecule has 2 fully saturated rings. The molecule has 0 saturated carbocycles. The smallest absolute Gasteiger partial charge is 0.229 e. The summed E-state index contributed by atoms with van der Waals surface area (Å²) in [6, 6.07) is 6.65. The standard InChI is InChI=1S/C15H20O8/c16-5-11-12(17)13(18)14(19)15(23-11)22-9-3-1-8(2-4-9)20-6-10-7-21-10/h1-4,10-19H,5-7H2/t10?,11-,12-,13+,14-,15+/m1/s1. The topological polar surface area (TPSA) is 121 Å². The molecule has 0 bridgehead atoms. The number of epoxide rings is 1. The zero-order valence-corrected chi connectivity index (χ0v) is 12.3. The van der Waals surface area contributed by atoms with Crippen molar-refractivity contribution < 1.29 is 39.4 Å². The fourth-order valence-corrected chi connectivity index (χ4v) is 2.27. The van der Waals surface area contributed by atoms with Gasteiger partial charge in [-0.2, -0.15) is 0 Å². The molecule has 3 rings (SSSR count). The van der Waals surface area contributed by atoms with E-state index in [1.54, 1.807) is 24.3 Å². The van der Waals surface area contributed by atoms with E-state index in [1.165, 1.54) is 0 Å². The molecule has 2 aliphatic heterocycles. The summed E-state index contributed by atoms with van der Waals surface area (Å²) in [7, 11) is 0. The van der Waals surface area contributed by atoms with Crippen molar-refractivity contribution in [1.29, 1.82) is 0 Å². The Bertz CT molecular complexity index is 501. The Hall–Kier alpha value is -1.42. The van der Waals surface area contributed by atoms with Gasteiger partial charge in [0.2, 0.25) is 6.29 Å². The van der Waals surface area contributed by atoms with Gasteiger partial charge in [0.15, 0.2) is 0 Å². The Kier molecular flexibility index (Phi) is 5.00. The molecule has 0 aliphatic carbocycles. The van der Waals surface area contributed by atoms with Crippen LogP contribution in [0.4, 0.5) is 0 Å². The van der Waals surface area contributed by atoms with Crippen LogP contribution < -0.4 is 9.47 Å². The van der Waals surface area contributed by atoms with Crippen molar-refractivity contribution in [3.05, 3.63) is 24.3 Å². The van der Waals surface area contributed by atoms with Crippen molar-refractivity contribution in [1.82, 2.24) is 0 Å². The van der Waals surface area contributed by atoms with Gasteiger partial charge in [-0.15, -0.1) is 0 Å². The lowest BCUT2D eigenvalue weighted by Gasteiger charge is -2.39. The summed E-state index contributed by atoms with van der Waals surface area (Å²) < 4.78 is 21.3. The Morgan fingerprint density at radius 1 is 1.00 bits per heavy atom. The lowest BCUT2D eigenvalue weighted by molar-refractivity contribution is -0.277. The molecule has 1 aromatic carbocycles. The van der Waals surface area contributed by atoms with E-state index in [0.717, 1.165) is 6.61 Å². The summed E-state index contributed by atoms with van der Waals surface area (Å²) in [5.41, 5.74) is 0. The third-order valence-electron chi connectivity index (χ3n) is 3.76. The third-order valence-corrected chi connectivity index (χ3v) is 3.76. The zero-order chi connectivity index (χ0) is 16.4. The fraction of sp³-hybridized carbons (Fsp3) is 0.600. The molecular formula is C15H20O8. The van der Waals surface area contributed by atoms with Crippen LogP contribution >= 0.6 is 0 Å². The first-order valence-corrected chi connectivity index (χ1v) is 7.40. The molecule has 6 atom stereocenters. The first-order valence-electron chi connectivity index (χ1n) is 7.40. The highest BCUT2D eigenvalue weighted by Gasteiger charge is 2.44. The van der Waals surface area contributed by atoms with Gasteiger partial charge < -0.3 is 39.4 Å². The second kappa shape index (κ2) is 7.00. The van der Waals surface area contributed by atoms with Gasteiger partial charge in [-0.05, 0) is 24.3 Å². The van der Waals surface area contributed by atoms with Crippen LogP contribution in [0.5, 0.6) is 11.5 Å². The van der Waals surface area contributed by atoms with E-state index in [-0.39, 0.29) is 6.10 Å². The highest BCUT2D eigenvalue weighted by Crippen LogP contribution is 2.25. The van der Waals surface area contributed by atoms with E-state index in [4.69, 9.17) is 24.1 Å². The van der Waals surface area contributed by atoms with Crippen LogP contribution in [0.3, 0.4) is 0 Å². The largest absolute Gasteiger partial charge is 0.491 e. The summed E-state index contributed by atoms with van der Waals surface area (Å²) in [6.45, 7) is 0.714. The number of benzene rings is 1. The zero-order valence-electron chi connectivity index (χ0n) is 12.3. The normalized spacial score (nSPS) is 36.5. The number of hydrogen-bond acceptors (Lipinski definition) is 8. The molecule has 4 N–H and O–H groups in total. The number of ether oxygens (including phenoxy) is 4. The predicted molar refractivity (Wildman–Crippen MR) is 76.1 cm³/mol. The van der Waals surface area contributed by atoms with E-state index < -0.39 is 37.3 Å². The van der Waals surface area contributed by atoms with Crippen molar-refractivity contribution in [3.8, 4) is 11.5 Å². The molecule has 2 saturated heterocycles. The minimum atomic E-state index is -1.47. The van der Waals surface area contributed by atoms with Crippen molar-refractivity contribution >= 4 is 0 Å². The summed E-state index contributed by atoms with van der Waals surface area (Å²) in [4.78, 5) is 0.